The fraction of sp³-hybridized carbons (Fsp3) is 0. The van der Waals surface area contributed by atoms with Gasteiger partial charge >= 0.3 is 5.69 Å². The molecule has 1 aromatic carbocycles. The molecule has 18 heavy (non-hydrogen) atoms. The van der Waals surface area contributed by atoms with Crippen LogP contribution in [-0.4, -0.2) is 14.9 Å². The number of halogens is 2. The van der Waals surface area contributed by atoms with Crippen molar-refractivity contribution in [2.24, 2.45) is 0 Å². The summed E-state index contributed by atoms with van der Waals surface area (Å²) >= 11 is 8.79. The SMILES string of the molecule is O=[N+]([O-])c1cccc(Br)c1Oc1ccnc(Cl)n1. The molecule has 0 bridgehead atoms. The molecule has 8 heteroatoms. The van der Waals surface area contributed by atoms with Crippen molar-refractivity contribution in [1.29, 1.82) is 0 Å². The molecule has 2 aromatic rings. The van der Waals surface area contributed by atoms with Crippen molar-refractivity contribution >= 4 is 33.2 Å². The van der Waals surface area contributed by atoms with Gasteiger partial charge in [-0.3, -0.25) is 10.1 Å². The van der Waals surface area contributed by atoms with Gasteiger partial charge in [-0.1, -0.05) is 6.07 Å². The van der Waals surface area contributed by atoms with Crippen LogP contribution in [0.1, 0.15) is 0 Å². The Kier molecular flexibility index (Phi) is 3.73. The van der Waals surface area contributed by atoms with Crippen LogP contribution >= 0.6 is 27.5 Å². The highest BCUT2D eigenvalue weighted by Gasteiger charge is 2.19. The van der Waals surface area contributed by atoms with E-state index in [0.717, 1.165) is 0 Å². The smallest absolute Gasteiger partial charge is 0.312 e. The first-order valence-corrected chi connectivity index (χ1v) is 5.84. The molecule has 0 unspecified atom stereocenters. The minimum absolute atomic E-state index is 0.00204. The molecule has 0 spiro atoms. The Morgan fingerprint density at radius 2 is 2.17 bits per heavy atom. The summed E-state index contributed by atoms with van der Waals surface area (Å²) in [6.45, 7) is 0. The summed E-state index contributed by atoms with van der Waals surface area (Å²) in [5.41, 5.74) is -0.167. The number of ether oxygens (including phenoxy) is 1. The van der Waals surface area contributed by atoms with Crippen molar-refractivity contribution in [3.63, 3.8) is 0 Å². The van der Waals surface area contributed by atoms with Crippen LogP contribution < -0.4 is 4.74 Å². The van der Waals surface area contributed by atoms with Crippen molar-refractivity contribution in [1.82, 2.24) is 9.97 Å². The van der Waals surface area contributed by atoms with Crippen molar-refractivity contribution in [3.05, 3.63) is 50.3 Å². The number of nitrogens with zero attached hydrogens (tertiary/aromatic N) is 3. The summed E-state index contributed by atoms with van der Waals surface area (Å²) in [5.74, 6) is 0.197. The number of rotatable bonds is 3. The first kappa shape index (κ1) is 12.7. The van der Waals surface area contributed by atoms with Crippen molar-refractivity contribution in [2.75, 3.05) is 0 Å². The summed E-state index contributed by atoms with van der Waals surface area (Å²) in [6, 6.07) is 5.96. The number of benzene rings is 1. The van der Waals surface area contributed by atoms with Crippen molar-refractivity contribution in [2.45, 2.75) is 0 Å². The summed E-state index contributed by atoms with van der Waals surface area (Å²) in [4.78, 5) is 17.8. The second-order valence-electron chi connectivity index (χ2n) is 3.11. The summed E-state index contributed by atoms with van der Waals surface area (Å²) in [6.07, 6.45) is 1.40. The lowest BCUT2D eigenvalue weighted by atomic mass is 10.3. The molecule has 0 aliphatic carbocycles. The largest absolute Gasteiger partial charge is 0.430 e. The van der Waals surface area contributed by atoms with E-state index in [1.807, 2.05) is 0 Å². The quantitative estimate of drug-likeness (QED) is 0.488. The lowest BCUT2D eigenvalue weighted by Gasteiger charge is -2.06. The maximum absolute atomic E-state index is 10.9. The molecule has 0 radical (unpaired) electrons. The van der Waals surface area contributed by atoms with Gasteiger partial charge in [0, 0.05) is 18.3 Å². The van der Waals surface area contributed by atoms with Gasteiger partial charge < -0.3 is 4.74 Å². The molecular formula is C10H5BrClN3O3. The van der Waals surface area contributed by atoms with E-state index in [4.69, 9.17) is 16.3 Å². The lowest BCUT2D eigenvalue weighted by Crippen LogP contribution is -1.96. The molecule has 0 N–H and O–H groups in total. The Morgan fingerprint density at radius 1 is 1.39 bits per heavy atom. The average Bonchev–Trinajstić information content (AvgIpc) is 2.31. The number of hydrogen-bond donors (Lipinski definition) is 0. The molecule has 0 aliphatic rings. The normalized spacial score (nSPS) is 10.1. The first-order chi connectivity index (χ1) is 8.58. The second kappa shape index (κ2) is 5.28. The fourth-order valence-electron chi connectivity index (χ4n) is 1.22. The third kappa shape index (κ3) is 2.74. The van der Waals surface area contributed by atoms with E-state index >= 15 is 0 Å². The lowest BCUT2D eigenvalue weighted by molar-refractivity contribution is -0.385. The Balaban J connectivity index is 2.42. The predicted octanol–water partition coefficient (Wildman–Crippen LogP) is 3.59. The van der Waals surface area contributed by atoms with E-state index in [-0.39, 0.29) is 22.6 Å². The van der Waals surface area contributed by atoms with Gasteiger partial charge in [-0.05, 0) is 33.6 Å². The molecule has 6 nitrogen and oxygen atoms in total. The van der Waals surface area contributed by atoms with Crippen LogP contribution in [0.3, 0.4) is 0 Å². The van der Waals surface area contributed by atoms with E-state index in [1.165, 1.54) is 18.3 Å². The number of aromatic nitrogens is 2. The van der Waals surface area contributed by atoms with Gasteiger partial charge in [0.2, 0.25) is 16.9 Å². The first-order valence-electron chi connectivity index (χ1n) is 4.67. The molecule has 2 rings (SSSR count). The van der Waals surface area contributed by atoms with Crippen LogP contribution in [0.5, 0.6) is 11.6 Å². The summed E-state index contributed by atoms with van der Waals surface area (Å²) in [7, 11) is 0. The Bertz CT molecular complexity index is 609. The molecule has 0 saturated heterocycles. The van der Waals surface area contributed by atoms with Gasteiger partial charge in [-0.15, -0.1) is 0 Å². The summed E-state index contributed by atoms with van der Waals surface area (Å²) < 4.78 is 5.81. The zero-order chi connectivity index (χ0) is 13.1. The summed E-state index contributed by atoms with van der Waals surface area (Å²) in [5, 5.41) is 10.9. The fourth-order valence-corrected chi connectivity index (χ4v) is 1.80. The Morgan fingerprint density at radius 3 is 2.83 bits per heavy atom. The molecule has 0 atom stereocenters. The van der Waals surface area contributed by atoms with Gasteiger partial charge in [0.25, 0.3) is 0 Å². The molecule has 1 heterocycles. The number of nitro benzene ring substituents is 1. The Hall–Kier alpha value is -1.73. The van der Waals surface area contributed by atoms with Gasteiger partial charge in [0.1, 0.15) is 0 Å². The third-order valence-electron chi connectivity index (χ3n) is 1.95. The Labute approximate surface area is 115 Å². The molecule has 92 valence electrons. The average molecular weight is 331 g/mol. The molecular weight excluding hydrogens is 325 g/mol. The van der Waals surface area contributed by atoms with Crippen LogP contribution in [0.4, 0.5) is 5.69 Å². The van der Waals surface area contributed by atoms with Gasteiger partial charge in [0.05, 0.1) is 9.40 Å². The maximum atomic E-state index is 10.9. The molecule has 0 saturated carbocycles. The standard InChI is InChI=1S/C10H5BrClN3O3/c11-6-2-1-3-7(15(16)17)9(6)18-8-4-5-13-10(12)14-8/h1-5H. The van der Waals surface area contributed by atoms with Crippen LogP contribution in [0.25, 0.3) is 0 Å². The van der Waals surface area contributed by atoms with Crippen LogP contribution in [0.15, 0.2) is 34.9 Å². The molecule has 1 aromatic heterocycles. The molecule has 0 amide bonds. The van der Waals surface area contributed by atoms with Crippen LogP contribution in [0.2, 0.25) is 5.28 Å². The topological polar surface area (TPSA) is 78.2 Å². The van der Waals surface area contributed by atoms with E-state index in [0.29, 0.717) is 4.47 Å². The van der Waals surface area contributed by atoms with Crippen molar-refractivity contribution < 1.29 is 9.66 Å². The van der Waals surface area contributed by atoms with Gasteiger partial charge in [-0.2, -0.15) is 4.98 Å². The van der Waals surface area contributed by atoms with Crippen LogP contribution in [-0.2, 0) is 0 Å². The van der Waals surface area contributed by atoms with Crippen molar-refractivity contribution in [3.8, 4) is 11.6 Å². The number of nitro groups is 1. The third-order valence-corrected chi connectivity index (χ3v) is 2.76. The van der Waals surface area contributed by atoms with E-state index in [9.17, 15) is 10.1 Å². The van der Waals surface area contributed by atoms with E-state index in [2.05, 4.69) is 25.9 Å². The maximum Gasteiger partial charge on any atom is 0.312 e. The number of para-hydroxylation sites is 1. The minimum atomic E-state index is -0.539. The van der Waals surface area contributed by atoms with Gasteiger partial charge in [0.15, 0.2) is 0 Å². The predicted molar refractivity (Wildman–Crippen MR) is 67.9 cm³/mol. The van der Waals surface area contributed by atoms with E-state index in [1.54, 1.807) is 12.1 Å². The second-order valence-corrected chi connectivity index (χ2v) is 4.30. The highest BCUT2D eigenvalue weighted by atomic mass is 79.9. The molecule has 0 fully saturated rings. The van der Waals surface area contributed by atoms with Crippen LogP contribution in [0, 0.1) is 10.1 Å². The monoisotopic (exact) mass is 329 g/mol. The minimum Gasteiger partial charge on any atom is -0.430 e. The highest BCUT2D eigenvalue weighted by molar-refractivity contribution is 9.10. The van der Waals surface area contributed by atoms with Gasteiger partial charge in [-0.25, -0.2) is 4.98 Å². The number of hydrogen-bond acceptors (Lipinski definition) is 5. The molecule has 0 aliphatic heterocycles. The zero-order valence-electron chi connectivity index (χ0n) is 8.71. The van der Waals surface area contributed by atoms with E-state index < -0.39 is 4.92 Å². The zero-order valence-corrected chi connectivity index (χ0v) is 11.1. The highest BCUT2D eigenvalue weighted by Crippen LogP contribution is 2.37.